The number of carbonyl (C=O) groups excluding carboxylic acids is 1. The first-order valence-electron chi connectivity index (χ1n) is 14.3. The smallest absolute Gasteiger partial charge is 0.307 e. The fraction of sp³-hybridized carbons (Fsp3) is 0.200. The lowest BCUT2D eigenvalue weighted by atomic mass is 10.2. The van der Waals surface area contributed by atoms with Gasteiger partial charge in [0, 0.05) is 17.1 Å². The van der Waals surface area contributed by atoms with Gasteiger partial charge in [-0.05, 0) is 122 Å². The normalized spacial score (nSPS) is 11.1. The lowest BCUT2D eigenvalue weighted by Crippen LogP contribution is -2.16. The highest BCUT2D eigenvalue weighted by atomic mass is 127. The van der Waals surface area contributed by atoms with Crippen LogP contribution in [-0.2, 0) is 13.2 Å². The van der Waals surface area contributed by atoms with Gasteiger partial charge in [-0.2, -0.15) is 5.10 Å². The number of carbonyl (C=O) groups is 1. The van der Waals surface area contributed by atoms with E-state index in [-0.39, 0.29) is 12.4 Å². The molecule has 0 radical (unpaired) electrons. The van der Waals surface area contributed by atoms with E-state index in [4.69, 9.17) is 18.6 Å². The van der Waals surface area contributed by atoms with E-state index in [0.29, 0.717) is 36.2 Å². The molecule has 2 heterocycles. The molecular formula is C35H34IN3O5. The van der Waals surface area contributed by atoms with E-state index in [1.165, 1.54) is 17.0 Å². The zero-order chi connectivity index (χ0) is 31.1. The second-order valence-corrected chi connectivity index (χ2v) is 11.4. The van der Waals surface area contributed by atoms with Crippen molar-refractivity contribution in [1.29, 1.82) is 0 Å². The maximum absolute atomic E-state index is 12.7. The molecule has 0 aliphatic heterocycles. The predicted octanol–water partition coefficient (Wildman–Crippen LogP) is 7.92. The maximum atomic E-state index is 12.7. The minimum absolute atomic E-state index is 0.138. The summed E-state index contributed by atoms with van der Waals surface area (Å²) in [5.41, 5.74) is 8.95. The van der Waals surface area contributed by atoms with Crippen LogP contribution in [-0.4, -0.2) is 23.3 Å². The van der Waals surface area contributed by atoms with Crippen molar-refractivity contribution >= 4 is 34.7 Å². The molecule has 0 unspecified atom stereocenters. The molecule has 0 bridgehead atoms. The van der Waals surface area contributed by atoms with E-state index in [0.717, 1.165) is 20.4 Å². The Bertz CT molecular complexity index is 1730. The summed E-state index contributed by atoms with van der Waals surface area (Å²) in [5, 5.41) is 4.12. The zero-order valence-electron chi connectivity index (χ0n) is 25.1. The molecule has 3 aromatic carbocycles. The predicted molar refractivity (Wildman–Crippen MR) is 179 cm³/mol. The number of nitrogens with zero attached hydrogens (tertiary/aromatic N) is 2. The summed E-state index contributed by atoms with van der Waals surface area (Å²) in [6, 6.07) is 27.3. The van der Waals surface area contributed by atoms with Crippen LogP contribution >= 0.6 is 22.6 Å². The van der Waals surface area contributed by atoms with Gasteiger partial charge in [-0.3, -0.25) is 4.79 Å². The Kier molecular flexibility index (Phi) is 10.1. The Hall–Kier alpha value is -4.51. The molecule has 0 atom stereocenters. The van der Waals surface area contributed by atoms with E-state index < -0.39 is 5.91 Å². The number of hydrogen-bond acceptors (Lipinski definition) is 6. The monoisotopic (exact) mass is 703 g/mol. The van der Waals surface area contributed by atoms with Crippen molar-refractivity contribution in [2.45, 2.75) is 40.9 Å². The van der Waals surface area contributed by atoms with Gasteiger partial charge in [0.05, 0.1) is 16.4 Å². The van der Waals surface area contributed by atoms with Gasteiger partial charge in [0.2, 0.25) is 0 Å². The average Bonchev–Trinajstić information content (AvgIpc) is 3.63. The number of nitrogens with one attached hydrogen (secondary N) is 1. The number of furan rings is 1. The van der Waals surface area contributed by atoms with Crippen molar-refractivity contribution in [1.82, 2.24) is 9.99 Å². The first-order valence-corrected chi connectivity index (χ1v) is 15.3. The van der Waals surface area contributed by atoms with Crippen LogP contribution < -0.4 is 19.6 Å². The fourth-order valence-corrected chi connectivity index (χ4v) is 5.41. The third kappa shape index (κ3) is 7.71. The van der Waals surface area contributed by atoms with E-state index in [1.807, 2.05) is 55.5 Å². The number of rotatable bonds is 12. The van der Waals surface area contributed by atoms with Gasteiger partial charge in [-0.15, -0.1) is 0 Å². The summed E-state index contributed by atoms with van der Waals surface area (Å²) < 4.78 is 26.6. The van der Waals surface area contributed by atoms with Crippen LogP contribution in [0.3, 0.4) is 0 Å². The van der Waals surface area contributed by atoms with Gasteiger partial charge in [-0.1, -0.05) is 29.8 Å². The highest BCUT2D eigenvalue weighted by molar-refractivity contribution is 14.1. The first kappa shape index (κ1) is 30.9. The zero-order valence-corrected chi connectivity index (χ0v) is 27.3. The molecule has 0 spiro atoms. The highest BCUT2D eigenvalue weighted by Gasteiger charge is 2.14. The Labute approximate surface area is 270 Å². The average molecular weight is 704 g/mol. The summed E-state index contributed by atoms with van der Waals surface area (Å²) in [5.74, 6) is 2.18. The van der Waals surface area contributed by atoms with Crippen LogP contribution in [0.2, 0.25) is 0 Å². The molecule has 0 saturated carbocycles. The number of aryl methyl sites for hydroxylation is 3. The second-order valence-electron chi connectivity index (χ2n) is 10.2. The van der Waals surface area contributed by atoms with Crippen molar-refractivity contribution < 1.29 is 23.4 Å². The van der Waals surface area contributed by atoms with Gasteiger partial charge >= 0.3 is 5.91 Å². The molecule has 0 fully saturated rings. The molecule has 1 N–H and O–H groups in total. The Morgan fingerprint density at radius 1 is 0.886 bits per heavy atom. The van der Waals surface area contributed by atoms with Crippen molar-refractivity contribution in [2.24, 2.45) is 5.10 Å². The van der Waals surface area contributed by atoms with Gasteiger partial charge in [0.15, 0.2) is 17.3 Å². The van der Waals surface area contributed by atoms with Gasteiger partial charge in [0.25, 0.3) is 0 Å². The lowest BCUT2D eigenvalue weighted by molar-refractivity contribution is 0.0923. The number of aromatic nitrogens is 1. The number of hydrogen-bond donors (Lipinski definition) is 1. The quantitative estimate of drug-likeness (QED) is 0.0811. The van der Waals surface area contributed by atoms with E-state index >= 15 is 0 Å². The van der Waals surface area contributed by atoms with E-state index in [9.17, 15) is 4.79 Å². The fourth-order valence-electron chi connectivity index (χ4n) is 4.62. The third-order valence-electron chi connectivity index (χ3n) is 6.85. The van der Waals surface area contributed by atoms with Crippen molar-refractivity contribution in [3.8, 4) is 22.9 Å². The van der Waals surface area contributed by atoms with E-state index in [2.05, 4.69) is 82.7 Å². The molecular weight excluding hydrogens is 669 g/mol. The van der Waals surface area contributed by atoms with Crippen molar-refractivity contribution in [3.05, 3.63) is 128 Å². The standard InChI is InChI=1S/C35H34IN3O5/c1-5-41-33-19-27(18-31(36)34(33)43-21-26-10-6-23(2)7-11-26)20-37-38-35(40)32-17-16-30(44-32)22-42-29-14-12-28(13-15-29)39-24(3)8-9-25(39)4/h6-20H,5,21-22H2,1-4H3,(H,38,40)/b37-20+. The van der Waals surface area contributed by atoms with Gasteiger partial charge in [-0.25, -0.2) is 5.43 Å². The molecule has 5 rings (SSSR count). The maximum Gasteiger partial charge on any atom is 0.307 e. The molecule has 0 saturated heterocycles. The van der Waals surface area contributed by atoms with Crippen LogP contribution in [0.4, 0.5) is 0 Å². The van der Waals surface area contributed by atoms with E-state index in [1.54, 1.807) is 18.3 Å². The molecule has 0 aliphatic rings. The largest absolute Gasteiger partial charge is 0.490 e. The minimum atomic E-state index is -0.466. The third-order valence-corrected chi connectivity index (χ3v) is 7.65. The van der Waals surface area contributed by atoms with Crippen molar-refractivity contribution in [3.63, 3.8) is 0 Å². The van der Waals surface area contributed by atoms with Crippen molar-refractivity contribution in [2.75, 3.05) is 6.61 Å². The van der Waals surface area contributed by atoms with Crippen LogP contribution in [0.25, 0.3) is 5.69 Å². The second kappa shape index (κ2) is 14.3. The summed E-state index contributed by atoms with van der Waals surface area (Å²) in [7, 11) is 0. The summed E-state index contributed by atoms with van der Waals surface area (Å²) in [4.78, 5) is 12.7. The molecule has 2 aromatic heterocycles. The topological polar surface area (TPSA) is 87.2 Å². The van der Waals surface area contributed by atoms with Gasteiger partial charge < -0.3 is 23.2 Å². The van der Waals surface area contributed by atoms with Crippen LogP contribution in [0.15, 0.2) is 94.4 Å². The SMILES string of the molecule is CCOc1cc(/C=N/NC(=O)c2ccc(COc3ccc(-n4c(C)ccc4C)cc3)o2)cc(I)c1OCc1ccc(C)cc1. The Morgan fingerprint density at radius 2 is 1.61 bits per heavy atom. The number of halogens is 1. The molecule has 5 aromatic rings. The van der Waals surface area contributed by atoms with Gasteiger partial charge in [0.1, 0.15) is 24.7 Å². The number of hydrazone groups is 1. The minimum Gasteiger partial charge on any atom is -0.490 e. The van der Waals surface area contributed by atoms with Crippen LogP contribution in [0, 0.1) is 24.3 Å². The van der Waals surface area contributed by atoms with Crippen LogP contribution in [0.5, 0.6) is 17.2 Å². The summed E-state index contributed by atoms with van der Waals surface area (Å²) in [6.45, 7) is 9.23. The molecule has 1 amide bonds. The van der Waals surface area contributed by atoms with Crippen LogP contribution in [0.1, 0.15) is 51.3 Å². The highest BCUT2D eigenvalue weighted by Crippen LogP contribution is 2.34. The molecule has 8 nitrogen and oxygen atoms in total. The molecule has 9 heteroatoms. The number of amides is 1. The summed E-state index contributed by atoms with van der Waals surface area (Å²) in [6.07, 6.45) is 1.56. The summed E-state index contributed by atoms with van der Waals surface area (Å²) >= 11 is 2.21. The molecule has 44 heavy (non-hydrogen) atoms. The molecule has 226 valence electrons. The Balaban J connectivity index is 1.15. The first-order chi connectivity index (χ1) is 21.3. The Morgan fingerprint density at radius 3 is 2.32 bits per heavy atom. The lowest BCUT2D eigenvalue weighted by Gasteiger charge is -2.15. The number of ether oxygens (including phenoxy) is 3. The molecule has 0 aliphatic carbocycles. The number of benzene rings is 3.